The Morgan fingerprint density at radius 3 is 2.69 bits per heavy atom. The summed E-state index contributed by atoms with van der Waals surface area (Å²) in [6.07, 6.45) is 0. The second-order valence-electron chi connectivity index (χ2n) is 2.63. The molecule has 0 aliphatic carbocycles. The van der Waals surface area contributed by atoms with Gasteiger partial charge in [-0.25, -0.2) is 0 Å². The van der Waals surface area contributed by atoms with E-state index in [2.05, 4.69) is 0 Å². The molecular formula is C9H5F2NO. The molecule has 13 heavy (non-hydrogen) atoms. The molecule has 4 heteroatoms. The zero-order valence-corrected chi connectivity index (χ0v) is 6.50. The number of benzene rings is 1. The van der Waals surface area contributed by atoms with Crippen molar-refractivity contribution in [2.45, 2.75) is 0 Å². The lowest BCUT2D eigenvalue weighted by molar-refractivity contribution is 0.308. The largest absolute Gasteiger partial charge is 0.289 e. The molecule has 0 amide bonds. The summed E-state index contributed by atoms with van der Waals surface area (Å²) in [4.78, 5) is 11.0. The van der Waals surface area contributed by atoms with Crippen LogP contribution in [0.15, 0.2) is 35.1 Å². The zero-order chi connectivity index (χ0) is 9.42. The van der Waals surface area contributed by atoms with E-state index < -0.39 is 11.4 Å². The van der Waals surface area contributed by atoms with Crippen LogP contribution in [0.25, 0.3) is 10.9 Å². The van der Waals surface area contributed by atoms with Gasteiger partial charge in [0, 0.05) is 11.5 Å². The standard InChI is InChI=1S/C9H5F2NO/c10-9-5-8(13)6-3-1-2-4-7(6)12(9)11/h1-5H. The van der Waals surface area contributed by atoms with Crippen LogP contribution >= 0.6 is 0 Å². The van der Waals surface area contributed by atoms with Gasteiger partial charge in [0.2, 0.25) is 5.95 Å². The van der Waals surface area contributed by atoms with Gasteiger partial charge in [-0.15, -0.1) is 0 Å². The van der Waals surface area contributed by atoms with Gasteiger partial charge in [0.15, 0.2) is 5.43 Å². The van der Waals surface area contributed by atoms with E-state index in [1.165, 1.54) is 18.2 Å². The molecule has 2 nitrogen and oxygen atoms in total. The number of halogens is 2. The summed E-state index contributed by atoms with van der Waals surface area (Å²) in [6.45, 7) is 0. The summed E-state index contributed by atoms with van der Waals surface area (Å²) in [7, 11) is 0. The predicted molar refractivity (Wildman–Crippen MR) is 44.7 cm³/mol. The molecule has 0 fully saturated rings. The quantitative estimate of drug-likeness (QED) is 0.568. The molecule has 0 aliphatic rings. The van der Waals surface area contributed by atoms with Crippen molar-refractivity contribution in [3.8, 4) is 0 Å². The first kappa shape index (κ1) is 7.91. The SMILES string of the molecule is O=c1cc(F)n(F)c2ccccc12. The Hall–Kier alpha value is -1.71. The summed E-state index contributed by atoms with van der Waals surface area (Å²) in [5.74, 6) is -1.18. The fraction of sp³-hybridized carbons (Fsp3) is 0. The summed E-state index contributed by atoms with van der Waals surface area (Å²) in [6, 6.07) is 6.56. The Labute approximate surface area is 72.0 Å². The number of aromatic nitrogens is 1. The highest BCUT2D eigenvalue weighted by molar-refractivity contribution is 5.78. The Balaban J connectivity index is 3.06. The zero-order valence-electron chi connectivity index (χ0n) is 6.50. The predicted octanol–water partition coefficient (Wildman–Crippen LogP) is 1.87. The summed E-state index contributed by atoms with van der Waals surface area (Å²) in [5, 5.41) is 0.173. The minimum absolute atomic E-state index is 0.0486. The van der Waals surface area contributed by atoms with Crippen LogP contribution < -0.4 is 5.43 Å². The van der Waals surface area contributed by atoms with Crippen LogP contribution in [0.2, 0.25) is 0 Å². The van der Waals surface area contributed by atoms with Gasteiger partial charge in [-0.3, -0.25) is 4.79 Å². The molecule has 0 bridgehead atoms. The van der Waals surface area contributed by atoms with E-state index in [9.17, 15) is 13.7 Å². The smallest absolute Gasteiger partial charge is 0.226 e. The first-order chi connectivity index (χ1) is 6.20. The van der Waals surface area contributed by atoms with Crippen molar-refractivity contribution >= 4 is 10.9 Å². The number of hydrogen-bond donors (Lipinski definition) is 0. The fourth-order valence-corrected chi connectivity index (χ4v) is 1.21. The maximum atomic E-state index is 13.0. The molecular weight excluding hydrogens is 176 g/mol. The number of para-hydroxylation sites is 1. The summed E-state index contributed by atoms with van der Waals surface area (Å²) < 4.78 is 25.7. The van der Waals surface area contributed by atoms with Gasteiger partial charge in [0.1, 0.15) is 0 Å². The van der Waals surface area contributed by atoms with Crippen LogP contribution in [-0.4, -0.2) is 4.79 Å². The highest BCUT2D eigenvalue weighted by atomic mass is 19.2. The Bertz CT molecular complexity index is 518. The van der Waals surface area contributed by atoms with Crippen molar-refractivity contribution in [2.24, 2.45) is 0 Å². The minimum atomic E-state index is -1.18. The molecule has 0 saturated carbocycles. The van der Waals surface area contributed by atoms with Crippen LogP contribution in [0.4, 0.5) is 8.87 Å². The van der Waals surface area contributed by atoms with Crippen molar-refractivity contribution in [1.82, 2.24) is 4.79 Å². The van der Waals surface area contributed by atoms with Gasteiger partial charge in [-0.1, -0.05) is 16.6 Å². The molecule has 1 heterocycles. The van der Waals surface area contributed by atoms with Crippen molar-refractivity contribution < 1.29 is 8.87 Å². The number of rotatable bonds is 0. The molecule has 1 aromatic carbocycles. The Kier molecular flexibility index (Phi) is 1.62. The number of fused-ring (bicyclic) bond motifs is 1. The van der Waals surface area contributed by atoms with E-state index in [1.807, 2.05) is 0 Å². The van der Waals surface area contributed by atoms with Gasteiger partial charge < -0.3 is 0 Å². The lowest BCUT2D eigenvalue weighted by Gasteiger charge is -2.00. The molecule has 66 valence electrons. The number of pyridine rings is 1. The van der Waals surface area contributed by atoms with Crippen LogP contribution in [0.5, 0.6) is 0 Å². The van der Waals surface area contributed by atoms with Crippen molar-refractivity contribution in [3.05, 3.63) is 46.5 Å². The molecule has 0 radical (unpaired) electrons. The lowest BCUT2D eigenvalue weighted by Crippen LogP contribution is -2.07. The van der Waals surface area contributed by atoms with Gasteiger partial charge >= 0.3 is 0 Å². The summed E-state index contributed by atoms with van der Waals surface area (Å²) in [5.41, 5.74) is -0.561. The third-order valence-corrected chi connectivity index (χ3v) is 1.82. The van der Waals surface area contributed by atoms with Gasteiger partial charge in [-0.05, 0) is 12.1 Å². The van der Waals surface area contributed by atoms with E-state index in [0.29, 0.717) is 6.07 Å². The Morgan fingerprint density at radius 2 is 1.92 bits per heavy atom. The average molecular weight is 181 g/mol. The van der Waals surface area contributed by atoms with Crippen LogP contribution in [0.1, 0.15) is 0 Å². The maximum Gasteiger partial charge on any atom is 0.226 e. The van der Waals surface area contributed by atoms with E-state index in [0.717, 1.165) is 0 Å². The number of nitrogens with zero attached hydrogens (tertiary/aromatic N) is 1. The molecule has 0 saturated heterocycles. The summed E-state index contributed by atoms with van der Waals surface area (Å²) >= 11 is 0. The molecule has 2 aromatic rings. The van der Waals surface area contributed by atoms with E-state index in [1.54, 1.807) is 6.07 Å². The monoisotopic (exact) mass is 181 g/mol. The average Bonchev–Trinajstić information content (AvgIpc) is 2.15. The van der Waals surface area contributed by atoms with Gasteiger partial charge in [0.05, 0.1) is 5.52 Å². The van der Waals surface area contributed by atoms with Crippen molar-refractivity contribution in [3.63, 3.8) is 0 Å². The molecule has 0 unspecified atom stereocenters. The second-order valence-corrected chi connectivity index (χ2v) is 2.63. The van der Waals surface area contributed by atoms with Gasteiger partial charge in [0.25, 0.3) is 0 Å². The van der Waals surface area contributed by atoms with E-state index >= 15 is 0 Å². The number of hydrogen-bond acceptors (Lipinski definition) is 1. The molecule has 1 aromatic heterocycles. The molecule has 0 atom stereocenters. The Morgan fingerprint density at radius 1 is 1.23 bits per heavy atom. The van der Waals surface area contributed by atoms with E-state index in [4.69, 9.17) is 0 Å². The van der Waals surface area contributed by atoms with Crippen LogP contribution in [0, 0.1) is 5.95 Å². The molecule has 0 aliphatic heterocycles. The van der Waals surface area contributed by atoms with Gasteiger partial charge in [-0.2, -0.15) is 9.18 Å². The normalized spacial score (nSPS) is 10.6. The third kappa shape index (κ3) is 1.11. The van der Waals surface area contributed by atoms with Crippen molar-refractivity contribution in [1.29, 1.82) is 0 Å². The van der Waals surface area contributed by atoms with Crippen LogP contribution in [-0.2, 0) is 0 Å². The second kappa shape index (κ2) is 2.65. The highest BCUT2D eigenvalue weighted by Gasteiger charge is 2.06. The van der Waals surface area contributed by atoms with Crippen LogP contribution in [0.3, 0.4) is 0 Å². The first-order valence-electron chi connectivity index (χ1n) is 3.66. The maximum absolute atomic E-state index is 13.0. The molecule has 0 N–H and O–H groups in total. The van der Waals surface area contributed by atoms with E-state index in [-0.39, 0.29) is 15.7 Å². The fourth-order valence-electron chi connectivity index (χ4n) is 1.21. The minimum Gasteiger partial charge on any atom is -0.289 e. The topological polar surface area (TPSA) is 22.0 Å². The lowest BCUT2D eigenvalue weighted by atomic mass is 10.2. The first-order valence-corrected chi connectivity index (χ1v) is 3.66. The molecule has 2 rings (SSSR count). The molecule has 0 spiro atoms. The third-order valence-electron chi connectivity index (χ3n) is 1.82. The van der Waals surface area contributed by atoms with Crippen molar-refractivity contribution in [2.75, 3.05) is 0 Å². The highest BCUT2D eigenvalue weighted by Crippen LogP contribution is 2.11.